The first-order valence-corrected chi connectivity index (χ1v) is 11.8. The van der Waals surface area contributed by atoms with Gasteiger partial charge in [0.1, 0.15) is 11.5 Å². The van der Waals surface area contributed by atoms with Gasteiger partial charge < -0.3 is 26.2 Å². The van der Waals surface area contributed by atoms with Gasteiger partial charge in [-0.3, -0.25) is 4.79 Å². The molecule has 3 rings (SSSR count). The Bertz CT molecular complexity index is 1370. The van der Waals surface area contributed by atoms with E-state index in [2.05, 4.69) is 37.2 Å². The number of nitrogens with zero attached hydrogens (tertiary/aromatic N) is 6. The predicted molar refractivity (Wildman–Crippen MR) is 146 cm³/mol. The Balaban J connectivity index is 1.91. The van der Waals surface area contributed by atoms with E-state index in [0.29, 0.717) is 35.1 Å². The molecule has 0 spiro atoms. The highest BCUT2D eigenvalue weighted by Crippen LogP contribution is 2.30. The molecule has 2 aromatic heterocycles. The van der Waals surface area contributed by atoms with Gasteiger partial charge in [0.05, 0.1) is 23.1 Å². The Morgan fingerprint density at radius 1 is 1.15 bits per heavy atom. The average molecular weight is 542 g/mol. The van der Waals surface area contributed by atoms with E-state index in [1.165, 1.54) is 18.3 Å². The van der Waals surface area contributed by atoms with Gasteiger partial charge in [-0.05, 0) is 57.0 Å². The molecule has 206 valence electrons. The standard InChI is InChI=1S/C26H30F3N9O/c1-6-31-20-15-33-25(38(5)12-11-37(3)4)36-22(20)23(30)34-19-13-17(8-7-16(19)2)24(39)35-21-14-18(9-10-32-21)26(27,28)29/h6-10,13-15,31H,1,11-12H2,2-5H3,(H2,30,34)(H,32,35,39). The van der Waals surface area contributed by atoms with Crippen LogP contribution >= 0.6 is 0 Å². The van der Waals surface area contributed by atoms with Gasteiger partial charge in [0.25, 0.3) is 5.91 Å². The first-order valence-electron chi connectivity index (χ1n) is 11.8. The number of carbonyl (C=O) groups is 1. The van der Waals surface area contributed by atoms with E-state index in [1.807, 2.05) is 30.9 Å². The highest BCUT2D eigenvalue weighted by Gasteiger charge is 2.31. The largest absolute Gasteiger partial charge is 0.416 e. The summed E-state index contributed by atoms with van der Waals surface area (Å²) in [6.07, 6.45) is -0.546. The second kappa shape index (κ2) is 12.3. The van der Waals surface area contributed by atoms with Gasteiger partial charge in [0, 0.05) is 31.9 Å². The molecule has 1 amide bonds. The molecule has 0 saturated heterocycles. The van der Waals surface area contributed by atoms with Gasteiger partial charge in [-0.2, -0.15) is 13.2 Å². The van der Waals surface area contributed by atoms with Crippen molar-refractivity contribution >= 4 is 34.9 Å². The monoisotopic (exact) mass is 541 g/mol. The fourth-order valence-electron chi connectivity index (χ4n) is 3.33. The molecule has 1 aromatic carbocycles. The van der Waals surface area contributed by atoms with Crippen LogP contribution in [0.2, 0.25) is 0 Å². The molecular formula is C26H30F3N9O. The van der Waals surface area contributed by atoms with Crippen molar-refractivity contribution in [3.05, 3.63) is 77.9 Å². The summed E-state index contributed by atoms with van der Waals surface area (Å²) in [5.74, 6) is -0.382. The highest BCUT2D eigenvalue weighted by molar-refractivity contribution is 6.05. The van der Waals surface area contributed by atoms with Crippen molar-refractivity contribution in [2.24, 2.45) is 10.7 Å². The Kier molecular flexibility index (Phi) is 9.20. The molecule has 0 bridgehead atoms. The number of benzene rings is 1. The number of halogens is 3. The Morgan fingerprint density at radius 2 is 1.90 bits per heavy atom. The van der Waals surface area contributed by atoms with Crippen molar-refractivity contribution < 1.29 is 18.0 Å². The van der Waals surface area contributed by atoms with Crippen molar-refractivity contribution in [3.8, 4) is 0 Å². The van der Waals surface area contributed by atoms with Crippen LogP contribution in [0, 0.1) is 6.92 Å². The molecular weight excluding hydrogens is 511 g/mol. The number of amides is 1. The number of likely N-dealkylation sites (N-methyl/N-ethyl adjacent to an activating group) is 2. The number of anilines is 3. The Labute approximate surface area is 224 Å². The van der Waals surface area contributed by atoms with Crippen LogP contribution in [0.25, 0.3) is 0 Å². The number of nitrogens with one attached hydrogen (secondary N) is 2. The molecule has 4 N–H and O–H groups in total. The van der Waals surface area contributed by atoms with Crippen LogP contribution in [-0.2, 0) is 6.18 Å². The van der Waals surface area contributed by atoms with E-state index < -0.39 is 17.6 Å². The maximum absolute atomic E-state index is 13.0. The van der Waals surface area contributed by atoms with Gasteiger partial charge in [-0.25, -0.2) is 19.9 Å². The number of carbonyl (C=O) groups excluding carboxylic acids is 1. The number of aliphatic imine (C=N–C) groups is 1. The normalized spacial score (nSPS) is 11.8. The molecule has 10 nitrogen and oxygen atoms in total. The van der Waals surface area contributed by atoms with E-state index in [9.17, 15) is 18.0 Å². The SMILES string of the molecule is C=CNc1cnc(N(C)CCN(C)C)nc1C(N)=Nc1cc(C(=O)Nc2cc(C(F)(F)F)ccn2)ccc1C. The van der Waals surface area contributed by atoms with Gasteiger partial charge in [-0.15, -0.1) is 0 Å². The minimum atomic E-state index is -4.56. The quantitative estimate of drug-likeness (QED) is 0.260. The molecule has 39 heavy (non-hydrogen) atoms. The van der Waals surface area contributed by atoms with Crippen LogP contribution < -0.4 is 21.3 Å². The molecule has 0 fully saturated rings. The number of pyridine rings is 1. The zero-order valence-corrected chi connectivity index (χ0v) is 22.0. The van der Waals surface area contributed by atoms with Crippen molar-refractivity contribution in [2.45, 2.75) is 13.1 Å². The van der Waals surface area contributed by atoms with Crippen molar-refractivity contribution in [2.75, 3.05) is 49.8 Å². The van der Waals surface area contributed by atoms with E-state index in [4.69, 9.17) is 5.73 Å². The fraction of sp³-hybridized carbons (Fsp3) is 0.269. The molecule has 0 radical (unpaired) electrons. The summed E-state index contributed by atoms with van der Waals surface area (Å²) in [6.45, 7) is 6.92. The zero-order valence-electron chi connectivity index (χ0n) is 22.0. The predicted octanol–water partition coefficient (Wildman–Crippen LogP) is 4.04. The average Bonchev–Trinajstić information content (AvgIpc) is 2.88. The lowest BCUT2D eigenvalue weighted by molar-refractivity contribution is -0.137. The summed E-state index contributed by atoms with van der Waals surface area (Å²) < 4.78 is 39.0. The number of hydrogen-bond donors (Lipinski definition) is 3. The molecule has 0 saturated carbocycles. The second-order valence-electron chi connectivity index (χ2n) is 8.89. The first-order chi connectivity index (χ1) is 18.4. The maximum atomic E-state index is 13.0. The first kappa shape index (κ1) is 29.0. The summed E-state index contributed by atoms with van der Waals surface area (Å²) in [7, 11) is 5.80. The molecule has 2 heterocycles. The van der Waals surface area contributed by atoms with Crippen molar-refractivity contribution in [3.63, 3.8) is 0 Å². The molecule has 13 heteroatoms. The van der Waals surface area contributed by atoms with Crippen LogP contribution in [0.3, 0.4) is 0 Å². The number of alkyl halides is 3. The Morgan fingerprint density at radius 3 is 2.56 bits per heavy atom. The fourth-order valence-corrected chi connectivity index (χ4v) is 3.33. The van der Waals surface area contributed by atoms with Gasteiger partial charge in [0.15, 0.2) is 5.84 Å². The number of hydrogen-bond acceptors (Lipinski definition) is 8. The topological polar surface area (TPSA) is 125 Å². The van der Waals surface area contributed by atoms with E-state index in [-0.39, 0.29) is 17.2 Å². The number of aryl methyl sites for hydroxylation is 1. The van der Waals surface area contributed by atoms with Crippen LogP contribution in [0.5, 0.6) is 0 Å². The van der Waals surface area contributed by atoms with Gasteiger partial charge >= 0.3 is 6.18 Å². The molecule has 3 aromatic rings. The zero-order chi connectivity index (χ0) is 28.7. The third kappa shape index (κ3) is 7.74. The van der Waals surface area contributed by atoms with Crippen LogP contribution in [-0.4, -0.2) is 65.8 Å². The van der Waals surface area contributed by atoms with E-state index in [0.717, 1.165) is 24.9 Å². The van der Waals surface area contributed by atoms with Crippen LogP contribution in [0.4, 0.5) is 36.3 Å². The molecule has 0 aliphatic carbocycles. The van der Waals surface area contributed by atoms with Crippen molar-refractivity contribution in [1.82, 2.24) is 19.9 Å². The number of nitrogens with two attached hydrogens (primary N) is 1. The van der Waals surface area contributed by atoms with Gasteiger partial charge in [0.2, 0.25) is 5.95 Å². The molecule has 0 unspecified atom stereocenters. The number of aromatic nitrogens is 3. The van der Waals surface area contributed by atoms with E-state index >= 15 is 0 Å². The second-order valence-corrected chi connectivity index (χ2v) is 8.89. The third-order valence-electron chi connectivity index (χ3n) is 5.54. The summed E-state index contributed by atoms with van der Waals surface area (Å²) in [6, 6.07) is 6.26. The molecule has 0 aliphatic heterocycles. The summed E-state index contributed by atoms with van der Waals surface area (Å²) in [4.78, 5) is 34.0. The molecule has 0 aliphatic rings. The Hall–Kier alpha value is -4.52. The summed E-state index contributed by atoms with van der Waals surface area (Å²) >= 11 is 0. The van der Waals surface area contributed by atoms with E-state index in [1.54, 1.807) is 19.2 Å². The molecule has 0 atom stereocenters. The minimum Gasteiger partial charge on any atom is -0.382 e. The van der Waals surface area contributed by atoms with Gasteiger partial charge in [-0.1, -0.05) is 12.6 Å². The minimum absolute atomic E-state index is 0.0595. The number of amidine groups is 1. The van der Waals surface area contributed by atoms with Crippen molar-refractivity contribution in [1.29, 1.82) is 0 Å². The smallest absolute Gasteiger partial charge is 0.382 e. The van der Waals surface area contributed by atoms with Crippen LogP contribution in [0.1, 0.15) is 27.2 Å². The lowest BCUT2D eigenvalue weighted by atomic mass is 10.1. The highest BCUT2D eigenvalue weighted by atomic mass is 19.4. The summed E-state index contributed by atoms with van der Waals surface area (Å²) in [5, 5.41) is 5.33. The van der Waals surface area contributed by atoms with Crippen LogP contribution in [0.15, 0.2) is 60.5 Å². The maximum Gasteiger partial charge on any atom is 0.416 e. The summed E-state index contributed by atoms with van der Waals surface area (Å²) in [5.41, 5.74) is 7.51. The third-order valence-corrected chi connectivity index (χ3v) is 5.54. The number of rotatable bonds is 10. The lowest BCUT2D eigenvalue weighted by Crippen LogP contribution is -2.30. The lowest BCUT2D eigenvalue weighted by Gasteiger charge is -2.20.